The number of sulfonamides is 1. The van der Waals surface area contributed by atoms with E-state index in [2.05, 4.69) is 0 Å². The van der Waals surface area contributed by atoms with Gasteiger partial charge in [-0.3, -0.25) is 0 Å². The van der Waals surface area contributed by atoms with Crippen LogP contribution in [-0.2, 0) is 16.6 Å². The molecule has 1 aromatic heterocycles. The SMILES string of the molecule is CN(Cc1ccccc1N)S(=O)(=O)c1cc(Cl)sc1Cl. The summed E-state index contributed by atoms with van der Waals surface area (Å²) in [5.74, 6) is 0. The van der Waals surface area contributed by atoms with Crippen molar-refractivity contribution in [3.63, 3.8) is 0 Å². The standard InChI is InChI=1S/C12H12Cl2N2O2S2/c1-16(7-8-4-2-3-5-9(8)15)20(17,18)10-6-11(13)19-12(10)14/h2-6H,7,15H2,1H3. The number of anilines is 1. The number of para-hydroxylation sites is 1. The van der Waals surface area contributed by atoms with Crippen molar-refractivity contribution >= 4 is 50.2 Å². The van der Waals surface area contributed by atoms with Crippen molar-refractivity contribution in [3.05, 3.63) is 44.6 Å². The summed E-state index contributed by atoms with van der Waals surface area (Å²) in [7, 11) is -2.22. The number of benzene rings is 1. The maximum absolute atomic E-state index is 12.4. The summed E-state index contributed by atoms with van der Waals surface area (Å²) in [5, 5.41) is 0. The molecule has 1 heterocycles. The largest absolute Gasteiger partial charge is 0.398 e. The van der Waals surface area contributed by atoms with E-state index in [4.69, 9.17) is 28.9 Å². The van der Waals surface area contributed by atoms with Gasteiger partial charge in [0.15, 0.2) is 0 Å². The third-order valence-electron chi connectivity index (χ3n) is 2.76. The van der Waals surface area contributed by atoms with E-state index < -0.39 is 10.0 Å². The molecule has 2 rings (SSSR count). The molecule has 108 valence electrons. The lowest BCUT2D eigenvalue weighted by Crippen LogP contribution is -2.26. The number of hydrogen-bond donors (Lipinski definition) is 1. The van der Waals surface area contributed by atoms with E-state index in [1.165, 1.54) is 17.4 Å². The van der Waals surface area contributed by atoms with Gasteiger partial charge in [-0.1, -0.05) is 41.4 Å². The van der Waals surface area contributed by atoms with Gasteiger partial charge in [0.05, 0.1) is 4.34 Å². The van der Waals surface area contributed by atoms with Crippen LogP contribution in [0.4, 0.5) is 5.69 Å². The molecule has 0 saturated carbocycles. The van der Waals surface area contributed by atoms with Gasteiger partial charge in [0.1, 0.15) is 9.23 Å². The normalized spacial score (nSPS) is 12.0. The summed E-state index contributed by atoms with van der Waals surface area (Å²) in [5.41, 5.74) is 7.10. The Bertz CT molecular complexity index is 729. The number of thiophene rings is 1. The molecule has 0 amide bonds. The highest BCUT2D eigenvalue weighted by Crippen LogP contribution is 2.35. The topological polar surface area (TPSA) is 63.4 Å². The van der Waals surface area contributed by atoms with Crippen molar-refractivity contribution in [2.24, 2.45) is 0 Å². The molecule has 0 bridgehead atoms. The minimum atomic E-state index is -3.69. The van der Waals surface area contributed by atoms with Crippen molar-refractivity contribution in [2.75, 3.05) is 12.8 Å². The average Bonchev–Trinajstić information content (AvgIpc) is 2.72. The zero-order valence-electron chi connectivity index (χ0n) is 10.5. The fourth-order valence-corrected chi connectivity index (χ4v) is 4.93. The highest BCUT2D eigenvalue weighted by Gasteiger charge is 2.26. The van der Waals surface area contributed by atoms with Gasteiger partial charge >= 0.3 is 0 Å². The predicted octanol–water partition coefficient (Wildman–Crippen LogP) is 3.46. The van der Waals surface area contributed by atoms with E-state index in [1.54, 1.807) is 24.3 Å². The third kappa shape index (κ3) is 3.10. The monoisotopic (exact) mass is 350 g/mol. The number of rotatable bonds is 4. The molecule has 0 unspecified atom stereocenters. The van der Waals surface area contributed by atoms with Crippen LogP contribution in [0.15, 0.2) is 35.2 Å². The van der Waals surface area contributed by atoms with Gasteiger partial charge in [0.25, 0.3) is 0 Å². The Balaban J connectivity index is 2.31. The average molecular weight is 351 g/mol. The summed E-state index contributed by atoms with van der Waals surface area (Å²) in [6, 6.07) is 8.46. The molecule has 0 atom stereocenters. The van der Waals surface area contributed by atoms with E-state index >= 15 is 0 Å². The van der Waals surface area contributed by atoms with Gasteiger partial charge in [0.2, 0.25) is 10.0 Å². The molecule has 2 N–H and O–H groups in total. The molecule has 0 radical (unpaired) electrons. The summed E-state index contributed by atoms with van der Waals surface area (Å²) >= 11 is 12.7. The minimum Gasteiger partial charge on any atom is -0.398 e. The van der Waals surface area contributed by atoms with E-state index in [9.17, 15) is 8.42 Å². The van der Waals surface area contributed by atoms with Crippen LogP contribution in [0.2, 0.25) is 8.67 Å². The fraction of sp³-hybridized carbons (Fsp3) is 0.167. The second-order valence-electron chi connectivity index (χ2n) is 4.15. The molecular formula is C12H12Cl2N2O2S2. The Hall–Kier alpha value is -0.790. The highest BCUT2D eigenvalue weighted by atomic mass is 35.5. The summed E-state index contributed by atoms with van der Waals surface area (Å²) in [6.07, 6.45) is 0. The Morgan fingerprint density at radius 2 is 1.95 bits per heavy atom. The van der Waals surface area contributed by atoms with Gasteiger partial charge in [-0.2, -0.15) is 4.31 Å². The van der Waals surface area contributed by atoms with Crippen molar-refractivity contribution in [3.8, 4) is 0 Å². The van der Waals surface area contributed by atoms with Gasteiger partial charge < -0.3 is 5.73 Å². The van der Waals surface area contributed by atoms with Crippen molar-refractivity contribution in [1.82, 2.24) is 4.31 Å². The van der Waals surface area contributed by atoms with Gasteiger partial charge in [0, 0.05) is 19.3 Å². The van der Waals surface area contributed by atoms with Crippen LogP contribution < -0.4 is 5.73 Å². The summed E-state index contributed by atoms with van der Waals surface area (Å²) in [4.78, 5) is 0.0196. The smallest absolute Gasteiger partial charge is 0.245 e. The van der Waals surface area contributed by atoms with Gasteiger partial charge in [-0.05, 0) is 17.7 Å². The van der Waals surface area contributed by atoms with E-state index in [0.29, 0.717) is 10.0 Å². The first-order valence-corrected chi connectivity index (χ1v) is 8.58. The molecule has 4 nitrogen and oxygen atoms in total. The van der Waals surface area contributed by atoms with Crippen LogP contribution in [0, 0.1) is 0 Å². The maximum atomic E-state index is 12.4. The van der Waals surface area contributed by atoms with Crippen LogP contribution in [0.25, 0.3) is 0 Å². The number of nitrogen functional groups attached to an aromatic ring is 1. The van der Waals surface area contributed by atoms with Crippen LogP contribution in [0.1, 0.15) is 5.56 Å². The molecule has 0 fully saturated rings. The first kappa shape index (κ1) is 15.6. The zero-order valence-corrected chi connectivity index (χ0v) is 13.7. The molecule has 2 aromatic rings. The molecule has 0 aliphatic rings. The van der Waals surface area contributed by atoms with Crippen LogP contribution >= 0.6 is 34.5 Å². The predicted molar refractivity (Wildman–Crippen MR) is 83.8 cm³/mol. The van der Waals surface area contributed by atoms with E-state index in [0.717, 1.165) is 16.9 Å². The van der Waals surface area contributed by atoms with Gasteiger partial charge in [-0.25, -0.2) is 8.42 Å². The van der Waals surface area contributed by atoms with Crippen LogP contribution in [-0.4, -0.2) is 19.8 Å². The molecule has 0 aliphatic carbocycles. The van der Waals surface area contributed by atoms with E-state index in [-0.39, 0.29) is 15.8 Å². The van der Waals surface area contributed by atoms with Crippen molar-refractivity contribution < 1.29 is 8.42 Å². The lowest BCUT2D eigenvalue weighted by molar-refractivity contribution is 0.467. The third-order valence-corrected chi connectivity index (χ3v) is 6.32. The quantitative estimate of drug-likeness (QED) is 0.858. The molecular weight excluding hydrogens is 339 g/mol. The number of nitrogens with zero attached hydrogens (tertiary/aromatic N) is 1. The second-order valence-corrected chi connectivity index (χ2v) is 8.45. The molecule has 20 heavy (non-hydrogen) atoms. The zero-order chi connectivity index (χ0) is 14.9. The highest BCUT2D eigenvalue weighted by molar-refractivity contribution is 7.89. The van der Waals surface area contributed by atoms with Crippen molar-refractivity contribution in [1.29, 1.82) is 0 Å². The lowest BCUT2D eigenvalue weighted by Gasteiger charge is -2.17. The number of halogens is 2. The minimum absolute atomic E-state index is 0.0196. The Morgan fingerprint density at radius 1 is 1.30 bits per heavy atom. The number of nitrogens with two attached hydrogens (primary N) is 1. The molecule has 0 saturated heterocycles. The summed E-state index contributed by atoms with van der Waals surface area (Å²) in [6.45, 7) is 0.165. The Labute approximate surface area is 131 Å². The lowest BCUT2D eigenvalue weighted by atomic mass is 10.2. The van der Waals surface area contributed by atoms with Crippen LogP contribution in [0.5, 0.6) is 0 Å². The first-order valence-electron chi connectivity index (χ1n) is 5.57. The second kappa shape index (κ2) is 5.91. The van der Waals surface area contributed by atoms with Gasteiger partial charge in [-0.15, -0.1) is 11.3 Å². The first-order chi connectivity index (χ1) is 9.32. The fourth-order valence-electron chi connectivity index (χ4n) is 1.67. The Kier molecular flexibility index (Phi) is 4.61. The molecule has 0 spiro atoms. The number of hydrogen-bond acceptors (Lipinski definition) is 4. The van der Waals surface area contributed by atoms with Crippen LogP contribution in [0.3, 0.4) is 0 Å². The molecule has 1 aromatic carbocycles. The summed E-state index contributed by atoms with van der Waals surface area (Å²) < 4.78 is 26.5. The van der Waals surface area contributed by atoms with Crippen molar-refractivity contribution in [2.45, 2.75) is 11.4 Å². The molecule has 8 heteroatoms. The maximum Gasteiger partial charge on any atom is 0.245 e. The molecule has 0 aliphatic heterocycles. The van der Waals surface area contributed by atoms with E-state index in [1.807, 2.05) is 0 Å². The Morgan fingerprint density at radius 3 is 2.50 bits per heavy atom.